The number of aromatic nitrogens is 3. The summed E-state index contributed by atoms with van der Waals surface area (Å²) in [5.41, 5.74) is 0.126. The Hall–Kier alpha value is -2.31. The van der Waals surface area contributed by atoms with E-state index in [1.807, 2.05) is 16.4 Å². The van der Waals surface area contributed by atoms with Gasteiger partial charge in [-0.3, -0.25) is 4.79 Å². The molecule has 26 heavy (non-hydrogen) atoms. The fourth-order valence-electron chi connectivity index (χ4n) is 4.11. The molecule has 2 unspecified atom stereocenters. The molecule has 138 valence electrons. The highest BCUT2D eigenvalue weighted by Gasteiger charge is 2.36. The molecule has 1 fully saturated rings. The van der Waals surface area contributed by atoms with Crippen molar-refractivity contribution in [1.82, 2.24) is 19.7 Å². The first-order valence-corrected chi connectivity index (χ1v) is 9.10. The number of amides is 1. The van der Waals surface area contributed by atoms with Gasteiger partial charge in [0.15, 0.2) is 0 Å². The summed E-state index contributed by atoms with van der Waals surface area (Å²) in [6.07, 6.45) is 0.400. The zero-order valence-corrected chi connectivity index (χ0v) is 14.7. The number of aryl methyl sites for hydroxylation is 1. The molecule has 0 N–H and O–H groups in total. The number of alkyl halides is 1. The number of carbonyl (C=O) groups excluding carboxylic acids is 1. The number of benzene rings is 1. The van der Waals surface area contributed by atoms with Crippen molar-refractivity contribution in [2.24, 2.45) is 11.8 Å². The van der Waals surface area contributed by atoms with Gasteiger partial charge in [-0.2, -0.15) is 0 Å². The highest BCUT2D eigenvalue weighted by Crippen LogP contribution is 2.35. The topological polar surface area (TPSA) is 51.0 Å². The summed E-state index contributed by atoms with van der Waals surface area (Å²) in [6.45, 7) is 3.55. The molecule has 1 amide bonds. The monoisotopic (exact) mass is 360 g/mol. The Morgan fingerprint density at radius 3 is 2.65 bits per heavy atom. The molecule has 0 radical (unpaired) electrons. The van der Waals surface area contributed by atoms with E-state index in [0.29, 0.717) is 38.9 Å². The van der Waals surface area contributed by atoms with Gasteiger partial charge in [0.05, 0.1) is 5.92 Å². The lowest BCUT2D eigenvalue weighted by atomic mass is 9.87. The first-order chi connectivity index (χ1) is 12.5. The van der Waals surface area contributed by atoms with Gasteiger partial charge in [0.25, 0.3) is 0 Å². The molecule has 0 spiro atoms. The van der Waals surface area contributed by atoms with E-state index in [1.165, 1.54) is 12.1 Å². The third-order valence-corrected chi connectivity index (χ3v) is 5.66. The largest absolute Gasteiger partial charge is 0.342 e. The number of nitrogens with zero attached hydrogens (tertiary/aromatic N) is 4. The minimum absolute atomic E-state index is 0.106. The van der Waals surface area contributed by atoms with Crippen LogP contribution in [0.1, 0.15) is 36.2 Å². The van der Waals surface area contributed by atoms with Crippen molar-refractivity contribution in [3.8, 4) is 0 Å². The molecule has 0 aliphatic carbocycles. The summed E-state index contributed by atoms with van der Waals surface area (Å²) < 4.78 is 30.5. The minimum Gasteiger partial charge on any atom is -0.342 e. The molecule has 4 rings (SSSR count). The number of likely N-dealkylation sites (tertiary alicyclic amines) is 1. The number of hydrogen-bond donors (Lipinski definition) is 0. The Bertz CT molecular complexity index is 814. The number of piperidine rings is 1. The average Bonchev–Trinajstić information content (AvgIpc) is 3.23. The number of carbonyl (C=O) groups is 1. The molecule has 2 aliphatic heterocycles. The maximum Gasteiger partial charge on any atom is 0.227 e. The van der Waals surface area contributed by atoms with Gasteiger partial charge in [0, 0.05) is 31.6 Å². The van der Waals surface area contributed by atoms with Crippen molar-refractivity contribution in [2.75, 3.05) is 13.1 Å². The molecule has 1 aromatic carbocycles. The Morgan fingerprint density at radius 1 is 1.23 bits per heavy atom. The summed E-state index contributed by atoms with van der Waals surface area (Å²) in [5, 5.41) is 8.13. The summed E-state index contributed by atoms with van der Waals surface area (Å²) >= 11 is 0. The Balaban J connectivity index is 1.35. The fraction of sp³-hybridized carbons (Fsp3) is 0.526. The van der Waals surface area contributed by atoms with Gasteiger partial charge in [-0.05, 0) is 31.7 Å². The van der Waals surface area contributed by atoms with Gasteiger partial charge in [-0.15, -0.1) is 10.2 Å². The summed E-state index contributed by atoms with van der Waals surface area (Å²) in [7, 11) is 0. The summed E-state index contributed by atoms with van der Waals surface area (Å²) in [6, 6.07) is 6.02. The van der Waals surface area contributed by atoms with Crippen molar-refractivity contribution >= 4 is 5.91 Å². The SMILES string of the molecule is Cc1nnc2n1CC(C(=O)N1CCC(C(F)c3ccccc3F)CC1)C2. The van der Waals surface area contributed by atoms with Crippen molar-refractivity contribution in [1.29, 1.82) is 0 Å². The molecule has 2 aromatic rings. The van der Waals surface area contributed by atoms with Gasteiger partial charge in [0.2, 0.25) is 5.91 Å². The number of halogens is 2. The van der Waals surface area contributed by atoms with E-state index in [1.54, 1.807) is 12.1 Å². The van der Waals surface area contributed by atoms with Crippen molar-refractivity contribution in [2.45, 2.75) is 38.9 Å². The summed E-state index contributed by atoms with van der Waals surface area (Å²) in [4.78, 5) is 14.6. The molecular formula is C19H22F2N4O. The van der Waals surface area contributed by atoms with E-state index < -0.39 is 12.0 Å². The predicted octanol–water partition coefficient (Wildman–Crippen LogP) is 2.85. The van der Waals surface area contributed by atoms with E-state index in [-0.39, 0.29) is 23.3 Å². The zero-order chi connectivity index (χ0) is 18.3. The normalized spacial score (nSPS) is 21.7. The molecule has 3 heterocycles. The van der Waals surface area contributed by atoms with E-state index >= 15 is 0 Å². The third kappa shape index (κ3) is 2.99. The van der Waals surface area contributed by atoms with Crippen LogP contribution in [0.3, 0.4) is 0 Å². The first-order valence-electron chi connectivity index (χ1n) is 9.10. The van der Waals surface area contributed by atoms with Crippen LogP contribution >= 0.6 is 0 Å². The first kappa shape index (κ1) is 17.1. The second kappa shape index (κ2) is 6.78. The number of hydrogen-bond acceptors (Lipinski definition) is 3. The van der Waals surface area contributed by atoms with Crippen LogP contribution in [-0.4, -0.2) is 38.7 Å². The lowest BCUT2D eigenvalue weighted by Crippen LogP contribution is -2.43. The molecule has 7 heteroatoms. The Morgan fingerprint density at radius 2 is 1.96 bits per heavy atom. The van der Waals surface area contributed by atoms with Gasteiger partial charge >= 0.3 is 0 Å². The maximum atomic E-state index is 14.7. The van der Waals surface area contributed by atoms with Crippen LogP contribution in [0.2, 0.25) is 0 Å². The van der Waals surface area contributed by atoms with E-state index in [2.05, 4.69) is 10.2 Å². The lowest BCUT2D eigenvalue weighted by molar-refractivity contribution is -0.137. The molecule has 5 nitrogen and oxygen atoms in total. The second-order valence-electron chi connectivity index (χ2n) is 7.26. The average molecular weight is 360 g/mol. The van der Waals surface area contributed by atoms with Crippen molar-refractivity contribution < 1.29 is 13.6 Å². The number of rotatable bonds is 3. The molecular weight excluding hydrogens is 338 g/mol. The standard InChI is InChI=1S/C19H22F2N4O/c1-12-22-23-17-10-14(11-25(12)17)19(26)24-8-6-13(7-9-24)18(21)15-4-2-3-5-16(15)20/h2-5,13-14,18H,6-11H2,1H3. The van der Waals surface area contributed by atoms with Crippen LogP contribution in [-0.2, 0) is 17.8 Å². The molecule has 0 saturated carbocycles. The van der Waals surface area contributed by atoms with Crippen molar-refractivity contribution in [3.63, 3.8) is 0 Å². The predicted molar refractivity (Wildman–Crippen MR) is 91.5 cm³/mol. The molecule has 1 aromatic heterocycles. The molecule has 1 saturated heterocycles. The van der Waals surface area contributed by atoms with Crippen LogP contribution in [0.15, 0.2) is 24.3 Å². The zero-order valence-electron chi connectivity index (χ0n) is 14.7. The molecule has 2 aliphatic rings. The van der Waals surface area contributed by atoms with E-state index in [9.17, 15) is 13.6 Å². The van der Waals surface area contributed by atoms with Gasteiger partial charge in [-0.1, -0.05) is 18.2 Å². The minimum atomic E-state index is -1.32. The van der Waals surface area contributed by atoms with Gasteiger partial charge in [0.1, 0.15) is 23.6 Å². The smallest absolute Gasteiger partial charge is 0.227 e. The maximum absolute atomic E-state index is 14.7. The Labute approximate surface area is 151 Å². The van der Waals surface area contributed by atoms with Crippen LogP contribution in [0, 0.1) is 24.6 Å². The summed E-state index contributed by atoms with van der Waals surface area (Å²) in [5.74, 6) is 0.945. The highest BCUT2D eigenvalue weighted by molar-refractivity contribution is 5.79. The quantitative estimate of drug-likeness (QED) is 0.846. The Kier molecular flexibility index (Phi) is 4.46. The van der Waals surface area contributed by atoms with Crippen molar-refractivity contribution in [3.05, 3.63) is 47.3 Å². The van der Waals surface area contributed by atoms with Crippen LogP contribution in [0.5, 0.6) is 0 Å². The third-order valence-electron chi connectivity index (χ3n) is 5.66. The molecule has 0 bridgehead atoms. The van der Waals surface area contributed by atoms with Crippen LogP contribution in [0.25, 0.3) is 0 Å². The lowest BCUT2D eigenvalue weighted by Gasteiger charge is -2.34. The van der Waals surface area contributed by atoms with E-state index in [4.69, 9.17) is 0 Å². The number of fused-ring (bicyclic) bond motifs is 1. The van der Waals surface area contributed by atoms with E-state index in [0.717, 1.165) is 11.6 Å². The van der Waals surface area contributed by atoms with Crippen LogP contribution < -0.4 is 0 Å². The highest BCUT2D eigenvalue weighted by atomic mass is 19.1. The van der Waals surface area contributed by atoms with Gasteiger partial charge < -0.3 is 9.47 Å². The second-order valence-corrected chi connectivity index (χ2v) is 7.26. The fourth-order valence-corrected chi connectivity index (χ4v) is 4.11. The van der Waals surface area contributed by atoms with Gasteiger partial charge in [-0.25, -0.2) is 8.78 Å². The molecule has 2 atom stereocenters. The van der Waals surface area contributed by atoms with Crippen LogP contribution in [0.4, 0.5) is 8.78 Å².